The first kappa shape index (κ1) is 18.8. The van der Waals surface area contributed by atoms with E-state index in [0.717, 1.165) is 32.1 Å². The number of hydrogen-bond donors (Lipinski definition) is 2. The molecule has 0 spiro atoms. The Morgan fingerprint density at radius 3 is 2.58 bits per heavy atom. The number of carbonyl (C=O) groups is 1. The number of esters is 1. The van der Waals surface area contributed by atoms with Crippen molar-refractivity contribution in [2.24, 2.45) is 5.41 Å². The molecule has 8 nitrogen and oxygen atoms in total. The molecule has 0 saturated carbocycles. The van der Waals surface area contributed by atoms with E-state index in [0.29, 0.717) is 13.2 Å². The number of ether oxygens (including phenoxy) is 2. The second kappa shape index (κ2) is 8.02. The summed E-state index contributed by atoms with van der Waals surface area (Å²) >= 11 is 0. The summed E-state index contributed by atoms with van der Waals surface area (Å²) in [4.78, 5) is 15.2. The fourth-order valence-corrected chi connectivity index (χ4v) is 3.83. The number of rotatable bonds is 7. The van der Waals surface area contributed by atoms with Crippen LogP contribution < -0.4 is 10.0 Å². The highest BCUT2D eigenvalue weighted by Crippen LogP contribution is 2.28. The van der Waals surface area contributed by atoms with Gasteiger partial charge in [0.05, 0.1) is 13.7 Å². The number of pyridine rings is 1. The minimum atomic E-state index is -3.71. The average Bonchev–Trinajstić information content (AvgIpc) is 2.61. The van der Waals surface area contributed by atoms with Crippen LogP contribution in [0.1, 0.15) is 23.3 Å². The maximum absolute atomic E-state index is 12.4. The third kappa shape index (κ3) is 4.50. The monoisotopic (exact) mass is 357 g/mol. The predicted molar refractivity (Wildman–Crippen MR) is 87.2 cm³/mol. The Hall–Kier alpha value is -1.55. The Bertz CT molecular complexity index is 649. The zero-order valence-corrected chi connectivity index (χ0v) is 14.7. The highest BCUT2D eigenvalue weighted by molar-refractivity contribution is 7.89. The van der Waals surface area contributed by atoms with Crippen LogP contribution in [-0.4, -0.2) is 59.8 Å². The molecule has 134 valence electrons. The SMILES string of the molecule is COCC1(CNS(=O)(=O)c2ccc(C(=O)OC)nc2)CCNCC1. The van der Waals surface area contributed by atoms with Gasteiger partial charge in [0.15, 0.2) is 0 Å². The van der Waals surface area contributed by atoms with Gasteiger partial charge in [-0.1, -0.05) is 0 Å². The third-order valence-corrected chi connectivity index (χ3v) is 5.58. The molecule has 0 aliphatic carbocycles. The van der Waals surface area contributed by atoms with Crippen molar-refractivity contribution in [3.05, 3.63) is 24.0 Å². The van der Waals surface area contributed by atoms with Crippen LogP contribution in [0.15, 0.2) is 23.2 Å². The molecule has 1 aliphatic rings. The Morgan fingerprint density at radius 1 is 1.33 bits per heavy atom. The molecule has 2 heterocycles. The van der Waals surface area contributed by atoms with E-state index in [4.69, 9.17) is 4.74 Å². The molecule has 1 aliphatic heterocycles. The molecule has 0 radical (unpaired) electrons. The molecule has 1 aromatic heterocycles. The molecule has 2 N–H and O–H groups in total. The standard InChI is InChI=1S/C15H23N3O5S/c1-22-11-15(5-7-16-8-6-15)10-18-24(20,21)12-3-4-13(17-9-12)14(19)23-2/h3-4,9,16,18H,5-8,10-11H2,1-2H3. The number of nitrogens with zero attached hydrogens (tertiary/aromatic N) is 1. The zero-order chi connectivity index (χ0) is 17.6. The fraction of sp³-hybridized carbons (Fsp3) is 0.600. The molecule has 0 amide bonds. The fourth-order valence-electron chi connectivity index (χ4n) is 2.73. The average molecular weight is 357 g/mol. The zero-order valence-electron chi connectivity index (χ0n) is 13.9. The lowest BCUT2D eigenvalue weighted by molar-refractivity contribution is 0.0577. The second-order valence-corrected chi connectivity index (χ2v) is 7.65. The minimum absolute atomic E-state index is 0.0108. The molecule has 24 heavy (non-hydrogen) atoms. The van der Waals surface area contributed by atoms with Crippen molar-refractivity contribution >= 4 is 16.0 Å². The van der Waals surface area contributed by atoms with Crippen LogP contribution in [0, 0.1) is 5.41 Å². The van der Waals surface area contributed by atoms with E-state index in [2.05, 4.69) is 19.8 Å². The molecular formula is C15H23N3O5S. The van der Waals surface area contributed by atoms with E-state index in [9.17, 15) is 13.2 Å². The quantitative estimate of drug-likeness (QED) is 0.670. The van der Waals surface area contributed by atoms with E-state index in [1.165, 1.54) is 19.2 Å². The number of aromatic nitrogens is 1. The van der Waals surface area contributed by atoms with E-state index in [-0.39, 0.29) is 16.0 Å². The number of methoxy groups -OCH3 is 2. The number of sulfonamides is 1. The number of carbonyl (C=O) groups excluding carboxylic acids is 1. The molecule has 0 aromatic carbocycles. The van der Waals surface area contributed by atoms with Gasteiger partial charge in [-0.05, 0) is 38.1 Å². The lowest BCUT2D eigenvalue weighted by atomic mass is 9.80. The van der Waals surface area contributed by atoms with Gasteiger partial charge in [0.25, 0.3) is 0 Å². The molecule has 9 heteroatoms. The highest BCUT2D eigenvalue weighted by Gasteiger charge is 2.33. The summed E-state index contributed by atoms with van der Waals surface area (Å²) in [6.07, 6.45) is 2.83. The number of piperidine rings is 1. The first-order valence-corrected chi connectivity index (χ1v) is 9.14. The first-order chi connectivity index (χ1) is 11.4. The molecular weight excluding hydrogens is 334 g/mol. The molecule has 2 rings (SSSR count). The Labute approximate surface area is 142 Å². The molecule has 1 aromatic rings. The summed E-state index contributed by atoms with van der Waals surface area (Å²) in [5.74, 6) is -0.610. The normalized spacial score (nSPS) is 17.4. The summed E-state index contributed by atoms with van der Waals surface area (Å²) in [5.41, 5.74) is -0.155. The largest absolute Gasteiger partial charge is 0.464 e. The van der Waals surface area contributed by atoms with Gasteiger partial charge in [-0.2, -0.15) is 0 Å². The molecule has 1 saturated heterocycles. The van der Waals surface area contributed by atoms with Gasteiger partial charge in [0, 0.05) is 25.3 Å². The van der Waals surface area contributed by atoms with Crippen molar-refractivity contribution < 1.29 is 22.7 Å². The maximum Gasteiger partial charge on any atom is 0.356 e. The van der Waals surface area contributed by atoms with Gasteiger partial charge >= 0.3 is 5.97 Å². The van der Waals surface area contributed by atoms with Crippen LogP contribution in [0.4, 0.5) is 0 Å². The summed E-state index contributed by atoms with van der Waals surface area (Å²) in [6.45, 7) is 2.46. The van der Waals surface area contributed by atoms with Gasteiger partial charge < -0.3 is 14.8 Å². The van der Waals surface area contributed by atoms with Crippen LogP contribution in [0.25, 0.3) is 0 Å². The highest BCUT2D eigenvalue weighted by atomic mass is 32.2. The van der Waals surface area contributed by atoms with Crippen molar-refractivity contribution in [3.8, 4) is 0 Å². The Kier molecular flexibility index (Phi) is 6.27. The molecule has 0 atom stereocenters. The smallest absolute Gasteiger partial charge is 0.356 e. The van der Waals surface area contributed by atoms with Gasteiger partial charge in [-0.3, -0.25) is 0 Å². The predicted octanol–water partition coefficient (Wildman–Crippen LogP) is 0.163. The Balaban J connectivity index is 2.08. The topological polar surface area (TPSA) is 107 Å². The lowest BCUT2D eigenvalue weighted by Gasteiger charge is -2.37. The maximum atomic E-state index is 12.4. The van der Waals surface area contributed by atoms with E-state index in [1.807, 2.05) is 0 Å². The summed E-state index contributed by atoms with van der Waals surface area (Å²) in [7, 11) is -0.846. The van der Waals surface area contributed by atoms with E-state index < -0.39 is 16.0 Å². The summed E-state index contributed by atoms with van der Waals surface area (Å²) in [6, 6.07) is 2.67. The van der Waals surface area contributed by atoms with Crippen molar-refractivity contribution in [2.75, 3.05) is 40.5 Å². The number of hydrogen-bond acceptors (Lipinski definition) is 7. The van der Waals surface area contributed by atoms with Gasteiger partial charge in [-0.25, -0.2) is 22.9 Å². The van der Waals surface area contributed by atoms with Crippen LogP contribution in [-0.2, 0) is 19.5 Å². The van der Waals surface area contributed by atoms with Gasteiger partial charge in [-0.15, -0.1) is 0 Å². The molecule has 0 unspecified atom stereocenters. The molecule has 1 fully saturated rings. The van der Waals surface area contributed by atoms with Gasteiger partial charge in [0.2, 0.25) is 10.0 Å². The molecule has 0 bridgehead atoms. The van der Waals surface area contributed by atoms with Crippen LogP contribution >= 0.6 is 0 Å². The third-order valence-electron chi connectivity index (χ3n) is 4.19. The van der Waals surface area contributed by atoms with Crippen molar-refractivity contribution in [1.29, 1.82) is 0 Å². The van der Waals surface area contributed by atoms with Crippen LogP contribution in [0.2, 0.25) is 0 Å². The summed E-state index contributed by atoms with van der Waals surface area (Å²) in [5, 5.41) is 3.26. The van der Waals surface area contributed by atoms with Crippen molar-refractivity contribution in [1.82, 2.24) is 15.0 Å². The van der Waals surface area contributed by atoms with Crippen LogP contribution in [0.3, 0.4) is 0 Å². The van der Waals surface area contributed by atoms with E-state index in [1.54, 1.807) is 7.11 Å². The Morgan fingerprint density at radius 2 is 2.04 bits per heavy atom. The minimum Gasteiger partial charge on any atom is -0.464 e. The van der Waals surface area contributed by atoms with E-state index >= 15 is 0 Å². The van der Waals surface area contributed by atoms with Crippen LogP contribution in [0.5, 0.6) is 0 Å². The van der Waals surface area contributed by atoms with Crippen molar-refractivity contribution in [2.45, 2.75) is 17.7 Å². The second-order valence-electron chi connectivity index (χ2n) is 5.88. The number of nitrogens with one attached hydrogen (secondary N) is 2. The van der Waals surface area contributed by atoms with Gasteiger partial charge in [0.1, 0.15) is 10.6 Å². The lowest BCUT2D eigenvalue weighted by Crippen LogP contribution is -2.47. The van der Waals surface area contributed by atoms with Crippen molar-refractivity contribution in [3.63, 3.8) is 0 Å². The summed E-state index contributed by atoms with van der Waals surface area (Å²) < 4.78 is 37.4. The first-order valence-electron chi connectivity index (χ1n) is 7.66.